The van der Waals surface area contributed by atoms with Crippen LogP contribution in [0.25, 0.3) is 0 Å². The highest BCUT2D eigenvalue weighted by Gasteiger charge is 2.11. The van der Waals surface area contributed by atoms with E-state index in [1.54, 1.807) is 0 Å². The number of rotatable bonds is 18. The van der Waals surface area contributed by atoms with Crippen LogP contribution in [0.2, 0.25) is 0 Å². The van der Waals surface area contributed by atoms with Crippen molar-refractivity contribution in [2.75, 3.05) is 13.2 Å². The molecule has 1 atom stereocenters. The summed E-state index contributed by atoms with van der Waals surface area (Å²) in [5, 5.41) is 41.7. The molecular formula is C23H48O6. The lowest BCUT2D eigenvalue weighted by Crippen LogP contribution is -2.18. The molecule has 0 aliphatic heterocycles. The van der Waals surface area contributed by atoms with Crippen molar-refractivity contribution in [1.29, 1.82) is 0 Å². The summed E-state index contributed by atoms with van der Waals surface area (Å²) in [4.78, 5) is 10.4. The second kappa shape index (κ2) is 29.3. The molecule has 5 N–H and O–H groups in total. The van der Waals surface area contributed by atoms with Crippen LogP contribution in [0.5, 0.6) is 0 Å². The normalized spacial score (nSPS) is 11.2. The van der Waals surface area contributed by atoms with Crippen molar-refractivity contribution in [3.8, 4) is 0 Å². The molecule has 0 aromatic carbocycles. The fourth-order valence-electron chi connectivity index (χ4n) is 2.71. The molecule has 6 nitrogen and oxygen atoms in total. The third kappa shape index (κ3) is 31.9. The molecule has 0 aromatic heterocycles. The predicted octanol–water partition coefficient (Wildman–Crippen LogP) is 4.44. The summed E-state index contributed by atoms with van der Waals surface area (Å²) < 4.78 is 0. The van der Waals surface area contributed by atoms with Crippen molar-refractivity contribution < 1.29 is 30.3 Å². The van der Waals surface area contributed by atoms with Crippen LogP contribution in [0.1, 0.15) is 103 Å². The number of unbranched alkanes of at least 4 members (excludes halogenated alkanes) is 13. The molecule has 29 heavy (non-hydrogen) atoms. The van der Waals surface area contributed by atoms with Crippen molar-refractivity contribution in [3.63, 3.8) is 0 Å². The minimum absolute atomic E-state index is 0.365. The molecule has 0 rings (SSSR count). The molecule has 0 aliphatic rings. The van der Waals surface area contributed by atoms with Gasteiger partial charge in [-0.25, -0.2) is 4.79 Å². The zero-order valence-corrected chi connectivity index (χ0v) is 18.7. The van der Waals surface area contributed by atoms with Gasteiger partial charge < -0.3 is 25.5 Å². The van der Waals surface area contributed by atoms with Gasteiger partial charge in [0.1, 0.15) is 6.10 Å². The lowest BCUT2D eigenvalue weighted by atomic mass is 10.0. The standard InChI is InChI=1S/C18H36O3.C3H8O3.C2H4/c1-2-3-4-5-6-7-8-9-10-11-12-13-14-15-16-17(19)18(20)21;4-1-3(6)2-5;1-2/h17,19H,2-16H2,1H3,(H,20,21);3-6H,1-2H2;1-2H2. The van der Waals surface area contributed by atoms with Gasteiger partial charge in [-0.1, -0.05) is 96.8 Å². The second-order valence-electron chi connectivity index (χ2n) is 7.26. The maximum atomic E-state index is 10.4. The van der Waals surface area contributed by atoms with Gasteiger partial charge in [0.25, 0.3) is 0 Å². The molecule has 176 valence electrons. The first-order valence-electron chi connectivity index (χ1n) is 11.3. The lowest BCUT2D eigenvalue weighted by Gasteiger charge is -2.05. The van der Waals surface area contributed by atoms with Gasteiger partial charge in [0.05, 0.1) is 13.2 Å². The van der Waals surface area contributed by atoms with Gasteiger partial charge in [0.2, 0.25) is 0 Å². The van der Waals surface area contributed by atoms with E-state index in [1.807, 2.05) is 0 Å². The average molecular weight is 421 g/mol. The molecule has 0 saturated carbocycles. The second-order valence-corrected chi connectivity index (χ2v) is 7.26. The third-order valence-corrected chi connectivity index (χ3v) is 4.54. The van der Waals surface area contributed by atoms with Gasteiger partial charge in [-0.05, 0) is 6.42 Å². The van der Waals surface area contributed by atoms with Crippen LogP contribution in [0, 0.1) is 0 Å². The number of aliphatic carboxylic acids is 1. The van der Waals surface area contributed by atoms with Crippen LogP contribution in [-0.2, 0) is 4.79 Å². The first-order valence-corrected chi connectivity index (χ1v) is 11.3. The minimum atomic E-state index is -1.16. The van der Waals surface area contributed by atoms with E-state index in [0.717, 1.165) is 12.8 Å². The van der Waals surface area contributed by atoms with E-state index < -0.39 is 18.2 Å². The molecular weight excluding hydrogens is 372 g/mol. The maximum absolute atomic E-state index is 10.4. The Morgan fingerprint density at radius 2 is 1.00 bits per heavy atom. The molecule has 0 saturated heterocycles. The zero-order chi connectivity index (χ0) is 22.8. The van der Waals surface area contributed by atoms with Crippen LogP contribution >= 0.6 is 0 Å². The summed E-state index contributed by atoms with van der Waals surface area (Å²) in [7, 11) is 0. The van der Waals surface area contributed by atoms with Gasteiger partial charge in [0.15, 0.2) is 6.10 Å². The van der Waals surface area contributed by atoms with E-state index in [1.165, 1.54) is 77.0 Å². The summed E-state index contributed by atoms with van der Waals surface area (Å²) >= 11 is 0. The Balaban J connectivity index is -0.000000716. The minimum Gasteiger partial charge on any atom is -0.479 e. The summed E-state index contributed by atoms with van der Waals surface area (Å²) in [5.41, 5.74) is 0. The first kappa shape index (κ1) is 32.7. The number of aliphatic hydroxyl groups excluding tert-OH is 4. The summed E-state index contributed by atoms with van der Waals surface area (Å²) in [6.07, 6.45) is 16.3. The Kier molecular flexibility index (Phi) is 33.0. The van der Waals surface area contributed by atoms with Crippen LogP contribution in [0.4, 0.5) is 0 Å². The summed E-state index contributed by atoms with van der Waals surface area (Å²) in [6, 6.07) is 0. The first-order chi connectivity index (χ1) is 14.0. The van der Waals surface area contributed by atoms with Gasteiger partial charge in [-0.2, -0.15) is 0 Å². The number of hydrogen-bond donors (Lipinski definition) is 5. The predicted molar refractivity (Wildman–Crippen MR) is 120 cm³/mol. The summed E-state index contributed by atoms with van der Waals surface area (Å²) in [6.45, 7) is 7.53. The molecule has 0 heterocycles. The number of carboxylic acid groups (broad SMARTS) is 1. The molecule has 0 aromatic rings. The van der Waals surface area contributed by atoms with Crippen molar-refractivity contribution >= 4 is 5.97 Å². The van der Waals surface area contributed by atoms with Gasteiger partial charge in [-0.15, -0.1) is 13.2 Å². The van der Waals surface area contributed by atoms with Crippen molar-refractivity contribution in [3.05, 3.63) is 13.2 Å². The largest absolute Gasteiger partial charge is 0.479 e. The highest BCUT2D eigenvalue weighted by molar-refractivity contribution is 5.71. The quantitative estimate of drug-likeness (QED) is 0.165. The van der Waals surface area contributed by atoms with E-state index in [0.29, 0.717) is 6.42 Å². The number of hydrogen-bond acceptors (Lipinski definition) is 5. The molecule has 0 spiro atoms. The van der Waals surface area contributed by atoms with Crippen molar-refractivity contribution in [2.45, 2.75) is 115 Å². The Labute approximate surface area is 178 Å². The third-order valence-electron chi connectivity index (χ3n) is 4.54. The molecule has 1 unspecified atom stereocenters. The van der Waals surface area contributed by atoms with Crippen molar-refractivity contribution in [1.82, 2.24) is 0 Å². The molecule has 0 aliphatic carbocycles. The van der Waals surface area contributed by atoms with Gasteiger partial charge in [0, 0.05) is 0 Å². The molecule has 0 amide bonds. The van der Waals surface area contributed by atoms with Crippen LogP contribution in [0.15, 0.2) is 13.2 Å². The zero-order valence-electron chi connectivity index (χ0n) is 18.7. The number of carboxylic acids is 1. The Morgan fingerprint density at radius 3 is 1.24 bits per heavy atom. The van der Waals surface area contributed by atoms with Gasteiger partial charge >= 0.3 is 5.97 Å². The number of aliphatic hydroxyl groups is 4. The highest BCUT2D eigenvalue weighted by Crippen LogP contribution is 2.13. The average Bonchev–Trinajstić information content (AvgIpc) is 2.74. The summed E-state index contributed by atoms with van der Waals surface area (Å²) in [5.74, 6) is -1.09. The van der Waals surface area contributed by atoms with Crippen LogP contribution in [-0.4, -0.2) is 56.9 Å². The molecule has 0 fully saturated rings. The van der Waals surface area contributed by atoms with Crippen LogP contribution < -0.4 is 0 Å². The van der Waals surface area contributed by atoms with E-state index in [9.17, 15) is 4.79 Å². The topological polar surface area (TPSA) is 118 Å². The maximum Gasteiger partial charge on any atom is 0.332 e. The Morgan fingerprint density at radius 1 is 0.690 bits per heavy atom. The number of carbonyl (C=O) groups is 1. The Hall–Kier alpha value is -0.950. The monoisotopic (exact) mass is 420 g/mol. The molecule has 0 radical (unpaired) electrons. The van der Waals surface area contributed by atoms with Crippen LogP contribution in [0.3, 0.4) is 0 Å². The fourth-order valence-corrected chi connectivity index (χ4v) is 2.71. The molecule has 0 bridgehead atoms. The SMILES string of the molecule is C=C.CCCCCCCCCCCCCCCCC(O)C(=O)O.OCC(O)CO. The molecule has 6 heteroatoms. The van der Waals surface area contributed by atoms with Gasteiger partial charge in [-0.3, -0.25) is 0 Å². The highest BCUT2D eigenvalue weighted by atomic mass is 16.4. The van der Waals surface area contributed by atoms with Crippen molar-refractivity contribution in [2.24, 2.45) is 0 Å². The van der Waals surface area contributed by atoms with E-state index in [4.69, 9.17) is 25.5 Å². The fraction of sp³-hybridized carbons (Fsp3) is 0.870. The lowest BCUT2D eigenvalue weighted by molar-refractivity contribution is -0.146. The Bertz CT molecular complexity index is 308. The van der Waals surface area contributed by atoms with E-state index in [2.05, 4.69) is 20.1 Å². The smallest absolute Gasteiger partial charge is 0.332 e. The van der Waals surface area contributed by atoms with E-state index in [-0.39, 0.29) is 13.2 Å². The van der Waals surface area contributed by atoms with E-state index >= 15 is 0 Å².